The number of para-hydroxylation sites is 1. The third-order valence-corrected chi connectivity index (χ3v) is 4.34. The quantitative estimate of drug-likeness (QED) is 0.706. The number of benzene rings is 2. The molecule has 3 aromatic rings. The minimum atomic E-state index is -0.139. The van der Waals surface area contributed by atoms with Gasteiger partial charge in [0, 0.05) is 18.5 Å². The smallest absolute Gasteiger partial charge is 0.258 e. The Bertz CT molecular complexity index is 959. The average Bonchev–Trinajstić information content (AvgIpc) is 2.62. The Morgan fingerprint density at radius 1 is 1.12 bits per heavy atom. The van der Waals surface area contributed by atoms with E-state index in [-0.39, 0.29) is 11.5 Å². The summed E-state index contributed by atoms with van der Waals surface area (Å²) in [5.74, 6) is 1.05. The van der Waals surface area contributed by atoms with Crippen molar-refractivity contribution in [1.29, 1.82) is 0 Å². The molecule has 0 radical (unpaired) electrons. The number of carbonyl (C=O) groups excluding carboxylic acids is 1. The van der Waals surface area contributed by atoms with Crippen molar-refractivity contribution in [3.05, 3.63) is 70.3 Å². The van der Waals surface area contributed by atoms with E-state index in [4.69, 9.17) is 0 Å². The van der Waals surface area contributed by atoms with Gasteiger partial charge in [-0.15, -0.1) is 0 Å². The van der Waals surface area contributed by atoms with Crippen molar-refractivity contribution in [2.45, 2.75) is 39.0 Å². The Balaban J connectivity index is 1.54. The Labute approximate surface area is 152 Å². The summed E-state index contributed by atoms with van der Waals surface area (Å²) in [5.41, 5.74) is 2.59. The van der Waals surface area contributed by atoms with Gasteiger partial charge in [-0.3, -0.25) is 9.59 Å². The summed E-state index contributed by atoms with van der Waals surface area (Å²) in [7, 11) is 0. The highest BCUT2D eigenvalue weighted by Crippen LogP contribution is 2.17. The van der Waals surface area contributed by atoms with Crippen LogP contribution in [0.1, 0.15) is 44.0 Å². The fourth-order valence-electron chi connectivity index (χ4n) is 2.84. The molecule has 1 heterocycles. The third-order valence-electron chi connectivity index (χ3n) is 4.34. The van der Waals surface area contributed by atoms with E-state index in [0.29, 0.717) is 41.9 Å². The second-order valence-electron chi connectivity index (χ2n) is 6.71. The van der Waals surface area contributed by atoms with Gasteiger partial charge in [0.2, 0.25) is 5.91 Å². The summed E-state index contributed by atoms with van der Waals surface area (Å²) in [5, 5.41) is 3.49. The van der Waals surface area contributed by atoms with Gasteiger partial charge in [0.15, 0.2) is 0 Å². The maximum atomic E-state index is 12.1. The molecular formula is C21H23N3O2. The second-order valence-corrected chi connectivity index (χ2v) is 6.71. The van der Waals surface area contributed by atoms with Gasteiger partial charge in [-0.2, -0.15) is 0 Å². The molecule has 0 saturated heterocycles. The Kier molecular flexibility index (Phi) is 5.46. The number of anilines is 1. The minimum absolute atomic E-state index is 0.0366. The monoisotopic (exact) mass is 349 g/mol. The zero-order valence-corrected chi connectivity index (χ0v) is 15.1. The second kappa shape index (κ2) is 7.95. The van der Waals surface area contributed by atoms with Gasteiger partial charge in [0.05, 0.1) is 10.9 Å². The lowest BCUT2D eigenvalue weighted by Gasteiger charge is -2.08. The molecule has 5 nitrogen and oxygen atoms in total. The van der Waals surface area contributed by atoms with Crippen LogP contribution in [0.2, 0.25) is 0 Å². The van der Waals surface area contributed by atoms with Crippen LogP contribution in [0.4, 0.5) is 5.69 Å². The normalized spacial score (nSPS) is 11.0. The van der Waals surface area contributed by atoms with Crippen LogP contribution < -0.4 is 10.9 Å². The lowest BCUT2D eigenvalue weighted by molar-refractivity contribution is -0.116. The van der Waals surface area contributed by atoms with Gasteiger partial charge >= 0.3 is 0 Å². The maximum Gasteiger partial charge on any atom is 0.258 e. The van der Waals surface area contributed by atoms with Crippen molar-refractivity contribution in [1.82, 2.24) is 9.97 Å². The first kappa shape index (κ1) is 17.9. The molecule has 0 spiro atoms. The summed E-state index contributed by atoms with van der Waals surface area (Å²) >= 11 is 0. The number of hydrogen-bond acceptors (Lipinski definition) is 3. The summed E-state index contributed by atoms with van der Waals surface area (Å²) < 4.78 is 0. The van der Waals surface area contributed by atoms with Crippen LogP contribution in [0.3, 0.4) is 0 Å². The molecule has 1 amide bonds. The Morgan fingerprint density at radius 3 is 2.58 bits per heavy atom. The number of aromatic nitrogens is 2. The van der Waals surface area contributed by atoms with E-state index in [9.17, 15) is 9.59 Å². The molecule has 3 rings (SSSR count). The van der Waals surface area contributed by atoms with Crippen LogP contribution in [0.15, 0.2) is 53.3 Å². The number of nitrogens with one attached hydrogen (secondary N) is 2. The van der Waals surface area contributed by atoms with Crippen molar-refractivity contribution in [3.63, 3.8) is 0 Å². The van der Waals surface area contributed by atoms with Crippen LogP contribution in [0, 0.1) is 0 Å². The molecule has 134 valence electrons. The molecule has 0 aliphatic carbocycles. The predicted molar refractivity (Wildman–Crippen MR) is 104 cm³/mol. The molecule has 0 saturated carbocycles. The third kappa shape index (κ3) is 4.36. The van der Waals surface area contributed by atoms with Gasteiger partial charge in [-0.25, -0.2) is 4.98 Å². The SMILES string of the molecule is CC(C)c1ccc(NC(=O)CCCc2nc3ccccc3c(=O)[nH]2)cc1. The fraction of sp³-hybridized carbons (Fsp3) is 0.286. The molecule has 0 unspecified atom stereocenters. The highest BCUT2D eigenvalue weighted by molar-refractivity contribution is 5.90. The van der Waals surface area contributed by atoms with Crippen LogP contribution in [0.25, 0.3) is 10.9 Å². The number of rotatable bonds is 6. The van der Waals surface area contributed by atoms with E-state index < -0.39 is 0 Å². The molecule has 0 bridgehead atoms. The van der Waals surface area contributed by atoms with Gasteiger partial charge in [0.25, 0.3) is 5.56 Å². The summed E-state index contributed by atoms with van der Waals surface area (Å²) in [4.78, 5) is 31.4. The number of aromatic amines is 1. The lowest BCUT2D eigenvalue weighted by Crippen LogP contribution is -2.14. The fourth-order valence-corrected chi connectivity index (χ4v) is 2.84. The van der Waals surface area contributed by atoms with Gasteiger partial charge in [0.1, 0.15) is 5.82 Å². The summed E-state index contributed by atoms with van der Waals surface area (Å²) in [6.07, 6.45) is 1.56. The molecule has 0 aliphatic heterocycles. The van der Waals surface area contributed by atoms with E-state index >= 15 is 0 Å². The largest absolute Gasteiger partial charge is 0.326 e. The number of nitrogens with zero attached hydrogens (tertiary/aromatic N) is 1. The van der Waals surface area contributed by atoms with Crippen LogP contribution in [-0.4, -0.2) is 15.9 Å². The van der Waals surface area contributed by atoms with Gasteiger partial charge < -0.3 is 10.3 Å². The number of hydrogen-bond donors (Lipinski definition) is 2. The molecule has 2 N–H and O–H groups in total. The van der Waals surface area contributed by atoms with E-state index in [1.807, 2.05) is 42.5 Å². The van der Waals surface area contributed by atoms with E-state index in [0.717, 1.165) is 5.69 Å². The van der Waals surface area contributed by atoms with Crippen molar-refractivity contribution >= 4 is 22.5 Å². The standard InChI is InChI=1S/C21H23N3O2/c1-14(2)15-10-12-16(13-11-15)22-20(25)9-5-8-19-23-18-7-4-3-6-17(18)21(26)24-19/h3-4,6-7,10-14H,5,8-9H2,1-2H3,(H,22,25)(H,23,24,26). The highest BCUT2D eigenvalue weighted by atomic mass is 16.1. The van der Waals surface area contributed by atoms with Crippen molar-refractivity contribution in [2.24, 2.45) is 0 Å². The number of aryl methyl sites for hydroxylation is 1. The number of fused-ring (bicyclic) bond motifs is 1. The van der Waals surface area contributed by atoms with Gasteiger partial charge in [-0.05, 0) is 42.2 Å². The molecule has 0 fully saturated rings. The number of H-pyrrole nitrogens is 1. The molecule has 0 aliphatic rings. The first-order valence-electron chi connectivity index (χ1n) is 8.90. The zero-order valence-electron chi connectivity index (χ0n) is 15.1. The maximum absolute atomic E-state index is 12.1. The molecule has 0 atom stereocenters. The number of amides is 1. The van der Waals surface area contributed by atoms with E-state index in [1.165, 1.54) is 5.56 Å². The van der Waals surface area contributed by atoms with Gasteiger partial charge in [-0.1, -0.05) is 38.1 Å². The minimum Gasteiger partial charge on any atom is -0.326 e. The zero-order chi connectivity index (χ0) is 18.5. The molecular weight excluding hydrogens is 326 g/mol. The van der Waals surface area contributed by atoms with E-state index in [2.05, 4.69) is 29.1 Å². The predicted octanol–water partition coefficient (Wildman–Crippen LogP) is 4.01. The van der Waals surface area contributed by atoms with E-state index in [1.54, 1.807) is 6.07 Å². The van der Waals surface area contributed by atoms with Crippen molar-refractivity contribution in [2.75, 3.05) is 5.32 Å². The lowest BCUT2D eigenvalue weighted by atomic mass is 10.0. The summed E-state index contributed by atoms with van der Waals surface area (Å²) in [6.45, 7) is 4.28. The highest BCUT2D eigenvalue weighted by Gasteiger charge is 2.06. The molecule has 5 heteroatoms. The number of carbonyl (C=O) groups is 1. The van der Waals surface area contributed by atoms with Crippen molar-refractivity contribution < 1.29 is 4.79 Å². The first-order valence-corrected chi connectivity index (χ1v) is 8.90. The Hall–Kier alpha value is -2.95. The molecule has 1 aromatic heterocycles. The van der Waals surface area contributed by atoms with Crippen LogP contribution in [0.5, 0.6) is 0 Å². The Morgan fingerprint density at radius 2 is 1.85 bits per heavy atom. The summed E-state index contributed by atoms with van der Waals surface area (Å²) in [6, 6.07) is 15.2. The van der Waals surface area contributed by atoms with Crippen LogP contribution >= 0.6 is 0 Å². The van der Waals surface area contributed by atoms with Crippen LogP contribution in [-0.2, 0) is 11.2 Å². The topological polar surface area (TPSA) is 74.8 Å². The first-order chi connectivity index (χ1) is 12.5. The molecule has 26 heavy (non-hydrogen) atoms. The average molecular weight is 349 g/mol. The van der Waals surface area contributed by atoms with Crippen molar-refractivity contribution in [3.8, 4) is 0 Å². The molecule has 2 aromatic carbocycles.